The Bertz CT molecular complexity index is 1560. The molecule has 19 nitrogen and oxygen atoms in total. The summed E-state index contributed by atoms with van der Waals surface area (Å²) in [6.45, 7) is 2.87. The topological polar surface area (TPSA) is 256 Å². The van der Waals surface area contributed by atoms with Gasteiger partial charge in [-0.05, 0) is 6.07 Å². The van der Waals surface area contributed by atoms with Crippen LogP contribution in [0.15, 0.2) is 30.9 Å². The van der Waals surface area contributed by atoms with Crippen LogP contribution in [-0.2, 0) is 33.3 Å². The summed E-state index contributed by atoms with van der Waals surface area (Å²) in [7, 11) is 0. The molecule has 19 heteroatoms. The number of benzene rings is 1. The zero-order valence-corrected chi connectivity index (χ0v) is 22.2. The quantitative estimate of drug-likeness (QED) is 0.153. The molecule has 0 bridgehead atoms. The van der Waals surface area contributed by atoms with Crippen molar-refractivity contribution >= 4 is 52.0 Å². The highest BCUT2D eigenvalue weighted by Gasteiger charge is 2.52. The Labute approximate surface area is 235 Å². The second kappa shape index (κ2) is 12.0. The first kappa shape index (κ1) is 29.5. The molecule has 2 aromatic heterocycles. The molecule has 5 atom stereocenters. The van der Waals surface area contributed by atoms with Crippen molar-refractivity contribution in [3.63, 3.8) is 0 Å². The number of anilines is 2. The Morgan fingerprint density at radius 1 is 1.02 bits per heavy atom. The molecular formula is C23H24N8O11. The minimum Gasteiger partial charge on any atom is -0.463 e. The first-order valence-corrected chi connectivity index (χ1v) is 12.1. The molecule has 1 aromatic carbocycles. The van der Waals surface area contributed by atoms with Crippen LogP contribution in [0.4, 0.5) is 22.9 Å². The van der Waals surface area contributed by atoms with E-state index in [9.17, 15) is 34.6 Å². The van der Waals surface area contributed by atoms with Gasteiger partial charge in [0.2, 0.25) is 0 Å². The monoisotopic (exact) mass is 588 g/mol. The molecule has 0 amide bonds. The standard InChI is InChI=1S/C23H24N8O11/c1-10(32)39-7-16-19(40-11(2)33)20(41-12(3)34)17(28-14-5-4-13(30(35)36)6-15(14)31(37)38)23(42-16)29-9-27-18-21(24)25-8-26-22(18)29/h4-6,8-9,16-17,19-20,23,28H,7H2,1-3H3,(H2,24,25,26)/t16-,17-,19-,20-,23-/m1/s1. The van der Waals surface area contributed by atoms with Gasteiger partial charge in [0.25, 0.3) is 11.4 Å². The molecule has 1 fully saturated rings. The molecule has 42 heavy (non-hydrogen) atoms. The lowest BCUT2D eigenvalue weighted by Crippen LogP contribution is -2.61. The van der Waals surface area contributed by atoms with Crippen LogP contribution in [0.25, 0.3) is 11.2 Å². The van der Waals surface area contributed by atoms with Gasteiger partial charge >= 0.3 is 17.9 Å². The third kappa shape index (κ3) is 6.14. The number of nitrogens with zero attached hydrogens (tertiary/aromatic N) is 6. The van der Waals surface area contributed by atoms with Crippen LogP contribution in [0.5, 0.6) is 0 Å². The Kier molecular flexibility index (Phi) is 8.41. The summed E-state index contributed by atoms with van der Waals surface area (Å²) in [6.07, 6.45) is -2.92. The third-order valence-corrected chi connectivity index (χ3v) is 6.09. The molecule has 0 radical (unpaired) electrons. The highest BCUT2D eigenvalue weighted by Crippen LogP contribution is 2.38. The van der Waals surface area contributed by atoms with E-state index in [-0.39, 0.29) is 22.7 Å². The zero-order valence-electron chi connectivity index (χ0n) is 22.2. The molecule has 0 saturated carbocycles. The Morgan fingerprint density at radius 3 is 2.33 bits per heavy atom. The fraction of sp³-hybridized carbons (Fsp3) is 0.391. The van der Waals surface area contributed by atoms with Gasteiger partial charge in [-0.2, -0.15) is 0 Å². The van der Waals surface area contributed by atoms with E-state index in [1.165, 1.54) is 10.9 Å². The molecule has 1 aliphatic rings. The van der Waals surface area contributed by atoms with E-state index in [4.69, 9.17) is 24.7 Å². The number of carbonyl (C=O) groups excluding carboxylic acids is 3. The van der Waals surface area contributed by atoms with Gasteiger partial charge < -0.3 is 30.0 Å². The summed E-state index contributed by atoms with van der Waals surface area (Å²) in [6, 6.07) is 1.56. The van der Waals surface area contributed by atoms with E-state index in [1.54, 1.807) is 0 Å². The van der Waals surface area contributed by atoms with Gasteiger partial charge in [0.15, 0.2) is 29.9 Å². The molecule has 3 N–H and O–H groups in total. The third-order valence-electron chi connectivity index (χ3n) is 6.09. The number of fused-ring (bicyclic) bond motifs is 1. The average Bonchev–Trinajstić information content (AvgIpc) is 3.34. The van der Waals surface area contributed by atoms with Crippen molar-refractivity contribution in [2.45, 2.75) is 51.4 Å². The van der Waals surface area contributed by atoms with Crippen LogP contribution in [0, 0.1) is 20.2 Å². The van der Waals surface area contributed by atoms with Gasteiger partial charge in [-0.25, -0.2) is 15.0 Å². The number of hydrogen-bond acceptors (Lipinski definition) is 16. The van der Waals surface area contributed by atoms with Crippen molar-refractivity contribution in [2.75, 3.05) is 17.7 Å². The van der Waals surface area contributed by atoms with Gasteiger partial charge in [0, 0.05) is 26.8 Å². The molecule has 0 aliphatic carbocycles. The number of carbonyl (C=O) groups is 3. The summed E-state index contributed by atoms with van der Waals surface area (Å²) in [4.78, 5) is 69.9. The Balaban J connectivity index is 1.91. The maximum absolute atomic E-state index is 12.3. The van der Waals surface area contributed by atoms with Crippen molar-refractivity contribution in [3.05, 3.63) is 51.1 Å². The number of ether oxygens (including phenoxy) is 4. The van der Waals surface area contributed by atoms with Crippen molar-refractivity contribution < 1.29 is 43.2 Å². The van der Waals surface area contributed by atoms with E-state index in [2.05, 4.69) is 20.3 Å². The fourth-order valence-corrected chi connectivity index (χ4v) is 4.45. The van der Waals surface area contributed by atoms with Crippen molar-refractivity contribution in [2.24, 2.45) is 0 Å². The molecule has 0 unspecified atom stereocenters. The van der Waals surface area contributed by atoms with Crippen molar-refractivity contribution in [1.82, 2.24) is 19.5 Å². The molecule has 3 aromatic rings. The zero-order chi connectivity index (χ0) is 30.7. The second-order valence-electron chi connectivity index (χ2n) is 8.98. The summed E-state index contributed by atoms with van der Waals surface area (Å²) in [5.41, 5.74) is 4.80. The number of esters is 3. The molecule has 222 valence electrons. The van der Waals surface area contributed by atoms with Gasteiger partial charge in [-0.15, -0.1) is 0 Å². The number of nitrogen functional groups attached to an aromatic ring is 1. The van der Waals surface area contributed by atoms with Crippen molar-refractivity contribution in [1.29, 1.82) is 0 Å². The lowest BCUT2D eigenvalue weighted by atomic mass is 9.94. The predicted octanol–water partition coefficient (Wildman–Crippen LogP) is 1.03. The number of nitrogens with one attached hydrogen (secondary N) is 1. The van der Waals surface area contributed by atoms with Crippen LogP contribution in [0.1, 0.15) is 27.0 Å². The van der Waals surface area contributed by atoms with E-state index >= 15 is 0 Å². The van der Waals surface area contributed by atoms with E-state index in [0.717, 1.165) is 45.3 Å². The molecule has 1 saturated heterocycles. The van der Waals surface area contributed by atoms with Gasteiger partial charge in [-0.1, -0.05) is 0 Å². The van der Waals surface area contributed by atoms with Crippen LogP contribution >= 0.6 is 0 Å². The highest BCUT2D eigenvalue weighted by atomic mass is 16.6. The number of aromatic nitrogens is 4. The van der Waals surface area contributed by atoms with Crippen LogP contribution in [0.2, 0.25) is 0 Å². The molecule has 4 rings (SSSR count). The smallest absolute Gasteiger partial charge is 0.303 e. The average molecular weight is 588 g/mol. The summed E-state index contributed by atoms with van der Waals surface area (Å²) in [5.74, 6) is -2.29. The van der Waals surface area contributed by atoms with E-state index in [1.807, 2.05) is 0 Å². The van der Waals surface area contributed by atoms with Gasteiger partial charge in [0.1, 0.15) is 36.3 Å². The number of imidazole rings is 1. The number of nitrogens with two attached hydrogens (primary N) is 1. The van der Waals surface area contributed by atoms with Gasteiger partial charge in [-0.3, -0.25) is 39.2 Å². The number of hydrogen-bond donors (Lipinski definition) is 2. The SMILES string of the molecule is CC(=O)OC[C@H]1O[C@@H](n2cnc3c(N)ncnc32)[C@H](Nc2ccc([N+](=O)[O-])cc2[N+](=O)[O-])[C@@H](OC(C)=O)[C@@H]1OC(C)=O. The molecular weight excluding hydrogens is 564 g/mol. The lowest BCUT2D eigenvalue weighted by molar-refractivity contribution is -0.393. The molecule has 0 spiro atoms. The number of nitro benzene ring substituents is 2. The van der Waals surface area contributed by atoms with Crippen molar-refractivity contribution in [3.8, 4) is 0 Å². The first-order chi connectivity index (χ1) is 19.9. The number of nitro groups is 2. The summed E-state index contributed by atoms with van der Waals surface area (Å²) < 4.78 is 23.8. The Morgan fingerprint density at radius 2 is 1.71 bits per heavy atom. The number of rotatable bonds is 9. The first-order valence-electron chi connectivity index (χ1n) is 12.1. The minimum absolute atomic E-state index is 0.0239. The summed E-state index contributed by atoms with van der Waals surface area (Å²) >= 11 is 0. The molecule has 3 heterocycles. The summed E-state index contributed by atoms with van der Waals surface area (Å²) in [5, 5.41) is 26.0. The number of non-ortho nitro benzene ring substituents is 1. The second-order valence-corrected chi connectivity index (χ2v) is 8.98. The van der Waals surface area contributed by atoms with Gasteiger partial charge in [0.05, 0.1) is 22.2 Å². The van der Waals surface area contributed by atoms with Crippen LogP contribution in [0.3, 0.4) is 0 Å². The van der Waals surface area contributed by atoms with E-state index < -0.39 is 76.3 Å². The van der Waals surface area contributed by atoms with Crippen LogP contribution < -0.4 is 11.1 Å². The highest BCUT2D eigenvalue weighted by molar-refractivity contribution is 5.81. The maximum Gasteiger partial charge on any atom is 0.303 e. The normalized spacial score (nSPS) is 21.7. The predicted molar refractivity (Wildman–Crippen MR) is 139 cm³/mol. The largest absolute Gasteiger partial charge is 0.463 e. The minimum atomic E-state index is -1.43. The van der Waals surface area contributed by atoms with Crippen LogP contribution in [-0.4, -0.2) is 78.2 Å². The molecule has 1 aliphatic heterocycles. The fourth-order valence-electron chi connectivity index (χ4n) is 4.45. The Hall–Kier alpha value is -5.46. The lowest BCUT2D eigenvalue weighted by Gasteiger charge is -2.45. The maximum atomic E-state index is 12.3. The van der Waals surface area contributed by atoms with E-state index in [0.29, 0.717) is 0 Å².